The van der Waals surface area contributed by atoms with Crippen LogP contribution in [0.4, 0.5) is 5.82 Å². The predicted molar refractivity (Wildman–Crippen MR) is 89.4 cm³/mol. The van der Waals surface area contributed by atoms with E-state index in [-0.39, 0.29) is 22.7 Å². The van der Waals surface area contributed by atoms with Gasteiger partial charge in [-0.3, -0.25) is 4.79 Å². The molecule has 0 aromatic carbocycles. The van der Waals surface area contributed by atoms with Crippen LogP contribution in [0.3, 0.4) is 0 Å². The molecule has 0 unspecified atom stereocenters. The monoisotopic (exact) mass is 355 g/mol. The quantitative estimate of drug-likeness (QED) is 0.655. The summed E-state index contributed by atoms with van der Waals surface area (Å²) in [6, 6.07) is 0. The standard InChI is InChI=1S/C16H22ClN3O4/c1-16(2,3)24-12(21)8-10-4-6-20(7-5-10)13-11(14(22)23)9-18-15(17)19-13/h9-10H,4-8H2,1-3H3,(H,22,23). The average Bonchev–Trinajstić information content (AvgIpc) is 2.45. The Kier molecular flexibility index (Phi) is 5.64. The summed E-state index contributed by atoms with van der Waals surface area (Å²) in [5, 5.41) is 9.27. The lowest BCUT2D eigenvalue weighted by Gasteiger charge is -2.33. The van der Waals surface area contributed by atoms with Gasteiger partial charge in [0, 0.05) is 25.7 Å². The van der Waals surface area contributed by atoms with Gasteiger partial charge in [-0.05, 0) is 51.1 Å². The van der Waals surface area contributed by atoms with Gasteiger partial charge in [0.2, 0.25) is 5.28 Å². The van der Waals surface area contributed by atoms with Gasteiger partial charge in [-0.2, -0.15) is 4.98 Å². The number of nitrogens with zero attached hydrogens (tertiary/aromatic N) is 3. The molecule has 1 aromatic heterocycles. The third-order valence-electron chi connectivity index (χ3n) is 3.76. The molecule has 1 aliphatic heterocycles. The largest absolute Gasteiger partial charge is 0.477 e. The number of halogens is 1. The van der Waals surface area contributed by atoms with E-state index in [0.717, 1.165) is 12.8 Å². The molecule has 1 fully saturated rings. The van der Waals surface area contributed by atoms with E-state index in [1.807, 2.05) is 25.7 Å². The first-order chi connectivity index (χ1) is 11.2. The molecule has 0 spiro atoms. The van der Waals surface area contributed by atoms with Gasteiger partial charge in [-0.25, -0.2) is 9.78 Å². The molecular weight excluding hydrogens is 334 g/mol. The zero-order valence-electron chi connectivity index (χ0n) is 14.1. The summed E-state index contributed by atoms with van der Waals surface area (Å²) in [6.07, 6.45) is 3.13. The van der Waals surface area contributed by atoms with Crippen LogP contribution in [0.1, 0.15) is 50.4 Å². The molecular formula is C16H22ClN3O4. The lowest BCUT2D eigenvalue weighted by atomic mass is 9.93. The molecule has 24 heavy (non-hydrogen) atoms. The molecule has 0 aliphatic carbocycles. The van der Waals surface area contributed by atoms with Crippen LogP contribution in [-0.2, 0) is 9.53 Å². The van der Waals surface area contributed by atoms with Crippen molar-refractivity contribution in [2.75, 3.05) is 18.0 Å². The Morgan fingerprint density at radius 1 is 1.38 bits per heavy atom. The van der Waals surface area contributed by atoms with Gasteiger partial charge in [0.1, 0.15) is 17.0 Å². The van der Waals surface area contributed by atoms with Crippen molar-refractivity contribution in [1.82, 2.24) is 9.97 Å². The number of aromatic carboxylic acids is 1. The van der Waals surface area contributed by atoms with Crippen LogP contribution in [0, 0.1) is 5.92 Å². The maximum absolute atomic E-state index is 11.9. The van der Waals surface area contributed by atoms with Gasteiger partial charge in [-0.15, -0.1) is 0 Å². The Balaban J connectivity index is 1.97. The molecule has 0 atom stereocenters. The van der Waals surface area contributed by atoms with Gasteiger partial charge in [0.15, 0.2) is 0 Å². The molecule has 1 N–H and O–H groups in total. The Bertz CT molecular complexity index is 622. The van der Waals surface area contributed by atoms with Crippen molar-refractivity contribution in [3.05, 3.63) is 17.0 Å². The normalized spacial score (nSPS) is 16.1. The highest BCUT2D eigenvalue weighted by molar-refractivity contribution is 6.28. The molecule has 2 heterocycles. The minimum Gasteiger partial charge on any atom is -0.477 e. The van der Waals surface area contributed by atoms with E-state index in [0.29, 0.717) is 25.3 Å². The van der Waals surface area contributed by atoms with Crippen LogP contribution in [0.2, 0.25) is 5.28 Å². The van der Waals surface area contributed by atoms with E-state index >= 15 is 0 Å². The fourth-order valence-electron chi connectivity index (χ4n) is 2.71. The maximum atomic E-state index is 11.9. The first-order valence-corrected chi connectivity index (χ1v) is 8.26. The fourth-order valence-corrected chi connectivity index (χ4v) is 2.84. The van der Waals surface area contributed by atoms with E-state index in [9.17, 15) is 14.7 Å². The summed E-state index contributed by atoms with van der Waals surface area (Å²) < 4.78 is 5.35. The molecule has 7 nitrogen and oxygen atoms in total. The first-order valence-electron chi connectivity index (χ1n) is 7.88. The van der Waals surface area contributed by atoms with Crippen LogP contribution < -0.4 is 4.90 Å². The molecule has 8 heteroatoms. The number of hydrogen-bond acceptors (Lipinski definition) is 6. The Hall–Kier alpha value is -1.89. The van der Waals surface area contributed by atoms with Crippen molar-refractivity contribution in [3.63, 3.8) is 0 Å². The predicted octanol–water partition coefficient (Wildman–Crippen LogP) is 2.78. The number of carbonyl (C=O) groups excluding carboxylic acids is 1. The smallest absolute Gasteiger partial charge is 0.341 e. The van der Waals surface area contributed by atoms with Crippen LogP contribution in [-0.4, -0.2) is 45.7 Å². The number of anilines is 1. The van der Waals surface area contributed by atoms with Crippen LogP contribution in [0.15, 0.2) is 6.20 Å². The third kappa shape index (κ3) is 5.06. The van der Waals surface area contributed by atoms with Gasteiger partial charge in [0.05, 0.1) is 0 Å². The first kappa shape index (κ1) is 18.4. The molecule has 0 radical (unpaired) electrons. The topological polar surface area (TPSA) is 92.6 Å². The van der Waals surface area contributed by atoms with Crippen LogP contribution in [0.5, 0.6) is 0 Å². The molecule has 0 bridgehead atoms. The van der Waals surface area contributed by atoms with E-state index < -0.39 is 11.6 Å². The minimum atomic E-state index is -1.09. The van der Waals surface area contributed by atoms with Gasteiger partial charge >= 0.3 is 11.9 Å². The van der Waals surface area contributed by atoms with E-state index in [4.69, 9.17) is 16.3 Å². The minimum absolute atomic E-state index is 0.0193. The molecule has 1 saturated heterocycles. The van der Waals surface area contributed by atoms with E-state index in [1.165, 1.54) is 6.20 Å². The number of carboxylic acids is 1. The average molecular weight is 356 g/mol. The fraction of sp³-hybridized carbons (Fsp3) is 0.625. The second kappa shape index (κ2) is 7.34. The number of carboxylic acid groups (broad SMARTS) is 1. The summed E-state index contributed by atoms with van der Waals surface area (Å²) in [5.41, 5.74) is -0.448. The van der Waals surface area contributed by atoms with Gasteiger partial charge < -0.3 is 14.7 Å². The van der Waals surface area contributed by atoms with Crippen molar-refractivity contribution in [1.29, 1.82) is 0 Å². The lowest BCUT2D eigenvalue weighted by Crippen LogP contribution is -2.36. The second-order valence-electron chi connectivity index (χ2n) is 6.90. The summed E-state index contributed by atoms with van der Waals surface area (Å²) in [5.74, 6) is -0.727. The number of carbonyl (C=O) groups is 2. The third-order valence-corrected chi connectivity index (χ3v) is 3.94. The molecule has 1 aromatic rings. The van der Waals surface area contributed by atoms with E-state index in [1.54, 1.807) is 0 Å². The van der Waals surface area contributed by atoms with Crippen molar-refractivity contribution in [2.45, 2.75) is 45.6 Å². The molecule has 1 aliphatic rings. The van der Waals surface area contributed by atoms with Crippen LogP contribution in [0.25, 0.3) is 0 Å². The lowest BCUT2D eigenvalue weighted by molar-refractivity contribution is -0.156. The van der Waals surface area contributed by atoms with Crippen molar-refractivity contribution in [3.8, 4) is 0 Å². The van der Waals surface area contributed by atoms with E-state index in [2.05, 4.69) is 9.97 Å². The zero-order chi connectivity index (χ0) is 17.9. The van der Waals surface area contributed by atoms with Crippen LogP contribution >= 0.6 is 11.6 Å². The Morgan fingerprint density at radius 2 is 2.00 bits per heavy atom. The number of rotatable bonds is 4. The number of ether oxygens (including phenoxy) is 1. The summed E-state index contributed by atoms with van der Waals surface area (Å²) in [4.78, 5) is 32.9. The summed E-state index contributed by atoms with van der Waals surface area (Å²) in [6.45, 7) is 6.77. The zero-order valence-corrected chi connectivity index (χ0v) is 14.8. The maximum Gasteiger partial charge on any atom is 0.341 e. The van der Waals surface area contributed by atoms with Gasteiger partial charge in [0.25, 0.3) is 0 Å². The highest BCUT2D eigenvalue weighted by Gasteiger charge is 2.27. The van der Waals surface area contributed by atoms with Crippen molar-refractivity contribution < 1.29 is 19.4 Å². The van der Waals surface area contributed by atoms with Gasteiger partial charge in [-0.1, -0.05) is 0 Å². The Morgan fingerprint density at radius 3 is 2.54 bits per heavy atom. The van der Waals surface area contributed by atoms with Crippen molar-refractivity contribution >= 4 is 29.4 Å². The Labute approximate surface area is 146 Å². The summed E-state index contributed by atoms with van der Waals surface area (Å²) in [7, 11) is 0. The highest BCUT2D eigenvalue weighted by atomic mass is 35.5. The van der Waals surface area contributed by atoms with Crippen molar-refractivity contribution in [2.24, 2.45) is 5.92 Å². The summed E-state index contributed by atoms with van der Waals surface area (Å²) >= 11 is 5.80. The highest BCUT2D eigenvalue weighted by Crippen LogP contribution is 2.27. The number of esters is 1. The molecule has 0 amide bonds. The number of piperidine rings is 1. The number of hydrogen-bond donors (Lipinski definition) is 1. The molecule has 0 saturated carbocycles. The number of aromatic nitrogens is 2. The SMILES string of the molecule is CC(C)(C)OC(=O)CC1CCN(c2nc(Cl)ncc2C(=O)O)CC1. The molecule has 2 rings (SSSR count). The molecule has 132 valence electrons. The second-order valence-corrected chi connectivity index (χ2v) is 7.24.